The van der Waals surface area contributed by atoms with Gasteiger partial charge in [0.05, 0.1) is 5.56 Å². The lowest BCUT2D eigenvalue weighted by Gasteiger charge is -2.30. The zero-order chi connectivity index (χ0) is 15.6. The molecule has 1 aromatic carbocycles. The largest absolute Gasteiger partial charge is 0.465 e. The van der Waals surface area contributed by atoms with Crippen molar-refractivity contribution in [3.8, 4) is 0 Å². The lowest BCUT2D eigenvalue weighted by Crippen LogP contribution is -2.37. The van der Waals surface area contributed by atoms with Crippen LogP contribution in [-0.2, 0) is 12.6 Å². The molecule has 7 heteroatoms. The predicted molar refractivity (Wildman–Crippen MR) is 67.4 cm³/mol. The minimum atomic E-state index is -4.55. The standard InChI is InChI=1S/C14H15F4NO2/c15-12-8-11(14(16,17)18)2-1-10(12)7-9-3-5-19(6-4-9)13(20)21/h1-2,8-9H,3-7H2,(H,20,21). The van der Waals surface area contributed by atoms with Gasteiger partial charge in [0, 0.05) is 13.1 Å². The predicted octanol–water partition coefficient (Wildman–Crippen LogP) is 3.78. The Kier molecular flexibility index (Phi) is 4.39. The molecule has 0 unspecified atom stereocenters. The summed E-state index contributed by atoms with van der Waals surface area (Å²) < 4.78 is 51.1. The molecule has 21 heavy (non-hydrogen) atoms. The molecule has 1 aliphatic heterocycles. The Morgan fingerprint density at radius 1 is 1.29 bits per heavy atom. The molecule has 0 bridgehead atoms. The van der Waals surface area contributed by atoms with Crippen LogP contribution in [0.5, 0.6) is 0 Å². The summed E-state index contributed by atoms with van der Waals surface area (Å²) in [7, 11) is 0. The molecule has 1 aromatic rings. The SMILES string of the molecule is O=C(O)N1CCC(Cc2ccc(C(F)(F)F)cc2F)CC1. The Labute approximate surface area is 119 Å². The number of benzene rings is 1. The van der Waals surface area contributed by atoms with Crippen LogP contribution < -0.4 is 0 Å². The van der Waals surface area contributed by atoms with Gasteiger partial charge in [-0.2, -0.15) is 13.2 Å². The highest BCUT2D eigenvalue weighted by atomic mass is 19.4. The van der Waals surface area contributed by atoms with E-state index in [9.17, 15) is 22.4 Å². The van der Waals surface area contributed by atoms with Gasteiger partial charge in [-0.25, -0.2) is 9.18 Å². The second kappa shape index (κ2) is 5.91. The maximum absolute atomic E-state index is 13.7. The summed E-state index contributed by atoms with van der Waals surface area (Å²) in [6.45, 7) is 0.754. The van der Waals surface area contributed by atoms with E-state index in [4.69, 9.17) is 5.11 Å². The molecule has 1 saturated heterocycles. The topological polar surface area (TPSA) is 40.5 Å². The lowest BCUT2D eigenvalue weighted by molar-refractivity contribution is -0.137. The summed E-state index contributed by atoms with van der Waals surface area (Å²) in [5, 5.41) is 8.82. The van der Waals surface area contributed by atoms with Gasteiger partial charge in [-0.15, -0.1) is 0 Å². The summed E-state index contributed by atoms with van der Waals surface area (Å²) >= 11 is 0. The number of carboxylic acid groups (broad SMARTS) is 1. The van der Waals surface area contributed by atoms with E-state index < -0.39 is 23.7 Å². The number of nitrogens with zero attached hydrogens (tertiary/aromatic N) is 1. The normalized spacial score (nSPS) is 17.0. The van der Waals surface area contributed by atoms with E-state index in [-0.39, 0.29) is 11.5 Å². The molecule has 1 fully saturated rings. The molecule has 1 N–H and O–H groups in total. The molecule has 2 rings (SSSR count). The van der Waals surface area contributed by atoms with Gasteiger partial charge in [0.25, 0.3) is 0 Å². The van der Waals surface area contributed by atoms with Crippen LogP contribution in [0.2, 0.25) is 0 Å². The maximum atomic E-state index is 13.7. The van der Waals surface area contributed by atoms with Crippen LogP contribution in [0, 0.1) is 11.7 Å². The minimum Gasteiger partial charge on any atom is -0.465 e. The average molecular weight is 305 g/mol. The first-order valence-corrected chi connectivity index (χ1v) is 6.61. The molecule has 0 radical (unpaired) electrons. The Morgan fingerprint density at radius 3 is 2.38 bits per heavy atom. The van der Waals surface area contributed by atoms with Gasteiger partial charge in [-0.3, -0.25) is 0 Å². The van der Waals surface area contributed by atoms with Crippen molar-refractivity contribution in [1.82, 2.24) is 4.90 Å². The highest BCUT2D eigenvalue weighted by Crippen LogP contribution is 2.31. The third-order valence-electron chi connectivity index (χ3n) is 3.77. The second-order valence-corrected chi connectivity index (χ2v) is 5.22. The highest BCUT2D eigenvalue weighted by molar-refractivity contribution is 5.64. The van der Waals surface area contributed by atoms with Gasteiger partial charge in [-0.05, 0) is 42.9 Å². The van der Waals surface area contributed by atoms with Gasteiger partial charge < -0.3 is 10.0 Å². The minimum absolute atomic E-state index is 0.0897. The van der Waals surface area contributed by atoms with Crippen molar-refractivity contribution in [2.24, 2.45) is 5.92 Å². The summed E-state index contributed by atoms with van der Waals surface area (Å²) in [4.78, 5) is 12.1. The van der Waals surface area contributed by atoms with Gasteiger partial charge in [0.15, 0.2) is 0 Å². The van der Waals surface area contributed by atoms with Gasteiger partial charge in [0.1, 0.15) is 5.82 Å². The number of rotatable bonds is 2. The van der Waals surface area contributed by atoms with Crippen LogP contribution in [0.4, 0.5) is 22.4 Å². The first-order valence-electron chi connectivity index (χ1n) is 6.61. The van der Waals surface area contributed by atoms with E-state index >= 15 is 0 Å². The lowest BCUT2D eigenvalue weighted by atomic mass is 9.90. The molecular weight excluding hydrogens is 290 g/mol. The molecule has 3 nitrogen and oxygen atoms in total. The molecule has 1 aliphatic rings. The van der Waals surface area contributed by atoms with Gasteiger partial charge in [0.2, 0.25) is 0 Å². The second-order valence-electron chi connectivity index (χ2n) is 5.22. The van der Waals surface area contributed by atoms with Crippen molar-refractivity contribution < 1.29 is 27.5 Å². The van der Waals surface area contributed by atoms with E-state index in [0.29, 0.717) is 38.4 Å². The number of likely N-dealkylation sites (tertiary alicyclic amines) is 1. The van der Waals surface area contributed by atoms with Crippen molar-refractivity contribution in [1.29, 1.82) is 0 Å². The number of carbonyl (C=O) groups is 1. The van der Waals surface area contributed by atoms with Crippen molar-refractivity contribution >= 4 is 6.09 Å². The van der Waals surface area contributed by atoms with Crippen LogP contribution in [0.1, 0.15) is 24.0 Å². The van der Waals surface area contributed by atoms with E-state index in [0.717, 1.165) is 6.07 Å². The van der Waals surface area contributed by atoms with Gasteiger partial charge >= 0.3 is 12.3 Å². The van der Waals surface area contributed by atoms with Crippen molar-refractivity contribution in [3.63, 3.8) is 0 Å². The van der Waals surface area contributed by atoms with E-state index in [1.165, 1.54) is 11.0 Å². The van der Waals surface area contributed by atoms with Crippen LogP contribution in [0.3, 0.4) is 0 Å². The highest BCUT2D eigenvalue weighted by Gasteiger charge is 2.31. The Hall–Kier alpha value is -1.79. The summed E-state index contributed by atoms with van der Waals surface area (Å²) in [5.74, 6) is -0.766. The number of amides is 1. The third kappa shape index (κ3) is 3.86. The van der Waals surface area contributed by atoms with Crippen LogP contribution >= 0.6 is 0 Å². The number of alkyl halides is 3. The molecule has 1 amide bonds. The average Bonchev–Trinajstić information content (AvgIpc) is 2.40. The Morgan fingerprint density at radius 2 is 1.90 bits per heavy atom. The summed E-state index contributed by atoms with van der Waals surface area (Å²) in [6.07, 6.45) is -4.02. The zero-order valence-electron chi connectivity index (χ0n) is 11.2. The van der Waals surface area contributed by atoms with Crippen LogP contribution in [0.15, 0.2) is 18.2 Å². The van der Waals surface area contributed by atoms with E-state index in [1.54, 1.807) is 0 Å². The first kappa shape index (κ1) is 15.6. The molecule has 0 spiro atoms. The van der Waals surface area contributed by atoms with Crippen molar-refractivity contribution in [2.45, 2.75) is 25.4 Å². The summed E-state index contributed by atoms with van der Waals surface area (Å²) in [5.41, 5.74) is -0.749. The monoisotopic (exact) mass is 305 g/mol. The maximum Gasteiger partial charge on any atom is 0.416 e. The fraction of sp³-hybridized carbons (Fsp3) is 0.500. The fourth-order valence-corrected chi connectivity index (χ4v) is 2.53. The number of hydrogen-bond donors (Lipinski definition) is 1. The van der Waals surface area contributed by atoms with Gasteiger partial charge in [-0.1, -0.05) is 6.07 Å². The number of halogens is 4. The van der Waals surface area contributed by atoms with Crippen molar-refractivity contribution in [2.75, 3.05) is 13.1 Å². The quantitative estimate of drug-likeness (QED) is 0.845. The smallest absolute Gasteiger partial charge is 0.416 e. The molecule has 1 heterocycles. The molecule has 0 aliphatic carbocycles. The number of hydrogen-bond acceptors (Lipinski definition) is 1. The van der Waals surface area contributed by atoms with Crippen LogP contribution in [0.25, 0.3) is 0 Å². The molecular formula is C14H15F4NO2. The molecule has 0 atom stereocenters. The van der Waals surface area contributed by atoms with Crippen molar-refractivity contribution in [3.05, 3.63) is 35.1 Å². The third-order valence-corrected chi connectivity index (χ3v) is 3.77. The Bertz CT molecular complexity index is 522. The molecule has 0 saturated carbocycles. The molecule has 116 valence electrons. The van der Waals surface area contributed by atoms with Crippen LogP contribution in [-0.4, -0.2) is 29.2 Å². The zero-order valence-corrected chi connectivity index (χ0v) is 11.2. The molecule has 0 aromatic heterocycles. The fourth-order valence-electron chi connectivity index (χ4n) is 2.53. The summed E-state index contributed by atoms with van der Waals surface area (Å²) in [6, 6.07) is 2.56. The van der Waals surface area contributed by atoms with E-state index in [1.807, 2.05) is 0 Å². The van der Waals surface area contributed by atoms with E-state index in [2.05, 4.69) is 0 Å². The number of piperidine rings is 1. The Balaban J connectivity index is 2.00. The first-order chi connectivity index (χ1) is 9.77.